The van der Waals surface area contributed by atoms with Crippen molar-refractivity contribution in [2.75, 3.05) is 16.5 Å². The third kappa shape index (κ3) is 6.06. The molecule has 0 fully saturated rings. The molecule has 12 aromatic rings. The number of anilines is 4. The van der Waals surface area contributed by atoms with Crippen molar-refractivity contribution in [2.45, 2.75) is 26.2 Å². The van der Waals surface area contributed by atoms with E-state index in [1.807, 2.05) is 12.1 Å². The first kappa shape index (κ1) is 38.1. The van der Waals surface area contributed by atoms with Gasteiger partial charge in [0.1, 0.15) is 35.0 Å². The zero-order chi connectivity index (χ0) is 44.1. The van der Waals surface area contributed by atoms with Crippen molar-refractivity contribution >= 4 is 83.0 Å². The molecule has 0 unspecified atom stereocenters. The van der Waals surface area contributed by atoms with Gasteiger partial charge in [0.05, 0.1) is 33.6 Å². The number of benzene rings is 9. The summed E-state index contributed by atoms with van der Waals surface area (Å²) in [6.07, 6.45) is 0. The van der Waals surface area contributed by atoms with E-state index < -0.39 is 0 Å². The maximum Gasteiger partial charge on any atom is 0.146 e. The number of fused-ring (bicyclic) bond motifs is 12. The van der Waals surface area contributed by atoms with Crippen LogP contribution in [0.3, 0.4) is 0 Å². The lowest BCUT2D eigenvalue weighted by Crippen LogP contribution is -2.25. The molecular formula is C60H44N4O2. The molecule has 6 nitrogen and oxygen atoms in total. The van der Waals surface area contributed by atoms with Crippen molar-refractivity contribution in [1.29, 1.82) is 0 Å². The van der Waals surface area contributed by atoms with Crippen LogP contribution < -0.4 is 14.5 Å². The van der Waals surface area contributed by atoms with Crippen LogP contribution >= 0.6 is 0 Å². The van der Waals surface area contributed by atoms with Crippen molar-refractivity contribution in [3.05, 3.63) is 206 Å². The monoisotopic (exact) mass is 852 g/mol. The SMILES string of the molecule is CC(C)(C)c1cc(Oc2ccc3c4cc5oc6ccccc6c5cc4n4c5ccccc5nc4c3c2)cc(N2CN(c3c(-c4ccccc4)cccc3-c3ccccc3)c3ccccc32)c1. The smallest absolute Gasteiger partial charge is 0.146 e. The molecule has 0 saturated heterocycles. The van der Waals surface area contributed by atoms with Gasteiger partial charge in [-0.25, -0.2) is 4.98 Å². The van der Waals surface area contributed by atoms with Gasteiger partial charge in [-0.1, -0.05) is 142 Å². The zero-order valence-electron chi connectivity index (χ0n) is 36.9. The summed E-state index contributed by atoms with van der Waals surface area (Å²) >= 11 is 0. The molecule has 0 bridgehead atoms. The summed E-state index contributed by atoms with van der Waals surface area (Å²) in [4.78, 5) is 10.2. The first-order chi connectivity index (χ1) is 32.3. The minimum atomic E-state index is -0.153. The number of pyridine rings is 1. The first-order valence-corrected chi connectivity index (χ1v) is 22.6. The molecule has 0 saturated carbocycles. The van der Waals surface area contributed by atoms with Crippen LogP contribution in [0.5, 0.6) is 11.5 Å². The molecule has 0 amide bonds. The zero-order valence-corrected chi connectivity index (χ0v) is 36.9. The van der Waals surface area contributed by atoms with Crippen molar-refractivity contribution < 1.29 is 9.15 Å². The van der Waals surface area contributed by atoms with E-state index in [0.717, 1.165) is 88.9 Å². The average molecular weight is 853 g/mol. The van der Waals surface area contributed by atoms with Crippen LogP contribution in [0.15, 0.2) is 205 Å². The Morgan fingerprint density at radius 1 is 0.485 bits per heavy atom. The van der Waals surface area contributed by atoms with E-state index in [9.17, 15) is 0 Å². The lowest BCUT2D eigenvalue weighted by atomic mass is 9.86. The minimum absolute atomic E-state index is 0.153. The molecular weight excluding hydrogens is 809 g/mol. The fraction of sp³-hybridized carbons (Fsp3) is 0.0833. The van der Waals surface area contributed by atoms with Crippen LogP contribution in [0.4, 0.5) is 22.7 Å². The highest BCUT2D eigenvalue weighted by Crippen LogP contribution is 2.51. The van der Waals surface area contributed by atoms with Crippen molar-refractivity contribution in [3.8, 4) is 33.8 Å². The highest BCUT2D eigenvalue weighted by Gasteiger charge is 2.32. The number of ether oxygens (including phenoxy) is 1. The molecule has 1 aliphatic rings. The Labute approximate surface area is 382 Å². The summed E-state index contributed by atoms with van der Waals surface area (Å²) in [5.74, 6) is 1.52. The van der Waals surface area contributed by atoms with Gasteiger partial charge in [-0.2, -0.15) is 0 Å². The van der Waals surface area contributed by atoms with Gasteiger partial charge in [-0.15, -0.1) is 0 Å². The molecule has 9 aromatic carbocycles. The van der Waals surface area contributed by atoms with Gasteiger partial charge < -0.3 is 19.0 Å². The maximum absolute atomic E-state index is 7.03. The minimum Gasteiger partial charge on any atom is -0.457 e. The molecule has 0 atom stereocenters. The summed E-state index contributed by atoms with van der Waals surface area (Å²) < 4.78 is 15.8. The Kier molecular flexibility index (Phi) is 8.43. The number of hydrogen-bond donors (Lipinski definition) is 0. The van der Waals surface area contributed by atoms with Gasteiger partial charge in [0, 0.05) is 44.4 Å². The second-order valence-corrected chi connectivity index (χ2v) is 18.4. The Morgan fingerprint density at radius 3 is 1.92 bits per heavy atom. The third-order valence-corrected chi connectivity index (χ3v) is 13.3. The van der Waals surface area contributed by atoms with Crippen molar-refractivity contribution in [2.24, 2.45) is 0 Å². The maximum atomic E-state index is 7.03. The number of hydrogen-bond acceptors (Lipinski definition) is 5. The summed E-state index contributed by atoms with van der Waals surface area (Å²) in [6.45, 7) is 7.41. The van der Waals surface area contributed by atoms with Crippen LogP contribution in [0.1, 0.15) is 26.3 Å². The molecule has 13 rings (SSSR count). The highest BCUT2D eigenvalue weighted by atomic mass is 16.5. The van der Waals surface area contributed by atoms with E-state index >= 15 is 0 Å². The van der Waals surface area contributed by atoms with Crippen LogP contribution in [0, 0.1) is 0 Å². The lowest BCUT2D eigenvalue weighted by molar-refractivity contribution is 0.479. The number of furan rings is 1. The van der Waals surface area contributed by atoms with E-state index in [0.29, 0.717) is 6.67 Å². The normalized spacial score (nSPS) is 13.0. The molecule has 0 N–H and O–H groups in total. The Hall–Kier alpha value is -8.35. The molecule has 0 radical (unpaired) electrons. The summed E-state index contributed by atoms with van der Waals surface area (Å²) in [5.41, 5.74) is 16.0. The number of nitrogens with zero attached hydrogens (tertiary/aromatic N) is 4. The quantitative estimate of drug-likeness (QED) is 0.156. The van der Waals surface area contributed by atoms with Gasteiger partial charge in [-0.05, 0) is 100 Å². The predicted octanol–water partition coefficient (Wildman–Crippen LogP) is 16.4. The molecule has 66 heavy (non-hydrogen) atoms. The topological polar surface area (TPSA) is 46.2 Å². The standard InChI is InChI=1S/C60H44N4O2/c1-60(2,3)40-31-41(62-37-63(54-27-14-13-26-53(54)62)58-44(38-17-6-4-7-18-38)22-16-23-45(58)39-19-8-5-9-20-39)33-43(32-40)65-42-29-30-46-48-36-57-49(47-21-10-15-28-56(47)66-57)35-55(48)64-52-25-12-11-24-51(52)61-59(64)50(46)34-42/h4-36H,37H2,1-3H3. The van der Waals surface area contributed by atoms with Gasteiger partial charge in [0.25, 0.3) is 0 Å². The molecule has 3 aromatic heterocycles. The van der Waals surface area contributed by atoms with Gasteiger partial charge in [0.15, 0.2) is 0 Å². The summed E-state index contributed by atoms with van der Waals surface area (Å²) in [5, 5.41) is 5.39. The Balaban J connectivity index is 0.950. The highest BCUT2D eigenvalue weighted by molar-refractivity contribution is 6.19. The number of rotatable bonds is 6. The number of imidazole rings is 1. The predicted molar refractivity (Wildman–Crippen MR) is 273 cm³/mol. The fourth-order valence-electron chi connectivity index (χ4n) is 10.1. The summed E-state index contributed by atoms with van der Waals surface area (Å²) in [7, 11) is 0. The van der Waals surface area contributed by atoms with Gasteiger partial charge in [-0.3, -0.25) is 4.40 Å². The largest absolute Gasteiger partial charge is 0.457 e. The van der Waals surface area contributed by atoms with Gasteiger partial charge in [0.2, 0.25) is 0 Å². The van der Waals surface area contributed by atoms with Crippen LogP contribution in [-0.2, 0) is 5.41 Å². The fourth-order valence-corrected chi connectivity index (χ4v) is 10.1. The number of aromatic nitrogens is 2. The third-order valence-electron chi connectivity index (χ3n) is 13.3. The average Bonchev–Trinajstić information content (AvgIpc) is 4.05. The second-order valence-electron chi connectivity index (χ2n) is 18.4. The second kappa shape index (κ2) is 14.6. The molecule has 4 heterocycles. The van der Waals surface area contributed by atoms with E-state index in [1.54, 1.807) is 0 Å². The van der Waals surface area contributed by atoms with E-state index in [2.05, 4.69) is 223 Å². The molecule has 6 heteroatoms. The molecule has 0 spiro atoms. The van der Waals surface area contributed by atoms with Crippen LogP contribution in [0.25, 0.3) is 82.5 Å². The first-order valence-electron chi connectivity index (χ1n) is 22.6. The van der Waals surface area contributed by atoms with Crippen molar-refractivity contribution in [1.82, 2.24) is 9.38 Å². The summed E-state index contributed by atoms with van der Waals surface area (Å²) in [6, 6.07) is 71.2. The van der Waals surface area contributed by atoms with E-state index in [-0.39, 0.29) is 5.41 Å². The lowest BCUT2D eigenvalue weighted by Gasteiger charge is -2.28. The van der Waals surface area contributed by atoms with Crippen LogP contribution in [0.2, 0.25) is 0 Å². The Morgan fingerprint density at radius 2 is 1.17 bits per heavy atom. The van der Waals surface area contributed by atoms with Gasteiger partial charge >= 0.3 is 0 Å². The molecule has 0 aliphatic carbocycles. The molecule has 1 aliphatic heterocycles. The van der Waals surface area contributed by atoms with Crippen molar-refractivity contribution in [3.63, 3.8) is 0 Å². The molecule has 316 valence electrons. The van der Waals surface area contributed by atoms with Crippen LogP contribution in [-0.4, -0.2) is 16.1 Å². The Bertz CT molecular complexity index is 3820. The van der Waals surface area contributed by atoms with E-state index in [4.69, 9.17) is 14.1 Å². The number of para-hydroxylation sites is 6. The van der Waals surface area contributed by atoms with E-state index in [1.165, 1.54) is 33.5 Å².